The minimum atomic E-state index is 0. The molecule has 68 valence electrons. The van der Waals surface area contributed by atoms with E-state index in [9.17, 15) is 0 Å². The Hall–Kier alpha value is 0.487. The van der Waals surface area contributed by atoms with E-state index in [1.165, 1.54) is 32.1 Å². The van der Waals surface area contributed by atoms with E-state index >= 15 is 0 Å². The second kappa shape index (κ2) is 13.1. The highest BCUT2D eigenvalue weighted by molar-refractivity contribution is 14.0. The lowest BCUT2D eigenvalue weighted by atomic mass is 10.2. The maximum atomic E-state index is 4.91. The third-order valence-electron chi connectivity index (χ3n) is 1.46. The van der Waals surface area contributed by atoms with Gasteiger partial charge in [-0.3, -0.25) is 0 Å². The van der Waals surface area contributed by atoms with Crippen LogP contribution in [0.2, 0.25) is 0 Å². The van der Waals surface area contributed by atoms with Crippen molar-refractivity contribution >= 4 is 34.5 Å². The fourth-order valence-electron chi connectivity index (χ4n) is 0.853. The number of hydrogen-bond donors (Lipinski definition) is 0. The Morgan fingerprint density at radius 3 is 2.55 bits per heavy atom. The minimum Gasteiger partial charge on any atom is -0.559 e. The molecule has 0 heterocycles. The summed E-state index contributed by atoms with van der Waals surface area (Å²) in [5.74, 6) is 0. The quantitative estimate of drug-likeness (QED) is 0.315. The summed E-state index contributed by atoms with van der Waals surface area (Å²) < 4.78 is 4.91. The van der Waals surface area contributed by atoms with Gasteiger partial charge in [0.25, 0.3) is 0 Å². The van der Waals surface area contributed by atoms with Gasteiger partial charge in [0.1, 0.15) is 0 Å². The van der Waals surface area contributed by atoms with E-state index in [2.05, 4.69) is 13.0 Å². The molecule has 0 saturated heterocycles. The minimum absolute atomic E-state index is 0. The molecule has 0 aliphatic heterocycles. The highest BCUT2D eigenvalue weighted by Crippen LogP contribution is 2.02. The molecule has 0 fully saturated rings. The van der Waals surface area contributed by atoms with Crippen molar-refractivity contribution in [1.29, 1.82) is 0 Å². The lowest BCUT2D eigenvalue weighted by Crippen LogP contribution is -1.74. The summed E-state index contributed by atoms with van der Waals surface area (Å²) in [7, 11) is 0.822. The Kier molecular flexibility index (Phi) is 16.7. The van der Waals surface area contributed by atoms with Gasteiger partial charge in [-0.15, -0.1) is 24.0 Å². The van der Waals surface area contributed by atoms with Gasteiger partial charge in [0.15, 0.2) is 0 Å². The third-order valence-corrected chi connectivity index (χ3v) is 1.73. The zero-order chi connectivity index (χ0) is 7.66. The van der Waals surface area contributed by atoms with Crippen molar-refractivity contribution in [2.24, 2.45) is 0 Å². The first-order chi connectivity index (χ1) is 4.91. The van der Waals surface area contributed by atoms with Crippen LogP contribution in [0.5, 0.6) is 0 Å². The molecule has 0 atom stereocenters. The Labute approximate surface area is 90.2 Å². The van der Waals surface area contributed by atoms with Crippen LogP contribution >= 0.6 is 24.0 Å². The molecule has 0 aromatic heterocycles. The third kappa shape index (κ3) is 13.5. The van der Waals surface area contributed by atoms with E-state index in [1.54, 1.807) is 0 Å². The predicted octanol–water partition coefficient (Wildman–Crippen LogP) is 2.39. The van der Waals surface area contributed by atoms with E-state index in [0.29, 0.717) is 0 Å². The monoisotopic (exact) mass is 286 g/mol. The number of rotatable bonds is 6. The molecule has 0 amide bonds. The zero-order valence-electron chi connectivity index (χ0n) is 7.51. The van der Waals surface area contributed by atoms with Crippen LogP contribution in [-0.4, -0.2) is 10.5 Å². The van der Waals surface area contributed by atoms with Crippen molar-refractivity contribution in [3.05, 3.63) is 12.3 Å². The van der Waals surface area contributed by atoms with Crippen molar-refractivity contribution in [1.82, 2.24) is 0 Å². The van der Waals surface area contributed by atoms with Crippen molar-refractivity contribution in [3.63, 3.8) is 0 Å². The molecule has 0 radical (unpaired) electrons. The molecular formula is C8H19IOSi. The van der Waals surface area contributed by atoms with Crippen LogP contribution in [0.25, 0.3) is 0 Å². The van der Waals surface area contributed by atoms with E-state index in [4.69, 9.17) is 4.43 Å². The van der Waals surface area contributed by atoms with Crippen LogP contribution in [0, 0.1) is 0 Å². The molecule has 1 nitrogen and oxygen atoms in total. The van der Waals surface area contributed by atoms with Crippen molar-refractivity contribution in [2.75, 3.05) is 0 Å². The second-order valence-corrected chi connectivity index (χ2v) is 2.93. The molecule has 0 aromatic carbocycles. The normalized spacial score (nSPS) is 9.91. The number of unbranched alkanes of at least 4 members (excludes halogenated alkanes) is 4. The topological polar surface area (TPSA) is 9.23 Å². The Balaban J connectivity index is 0. The number of halogens is 1. The van der Waals surface area contributed by atoms with Crippen LogP contribution in [0.1, 0.15) is 39.0 Å². The highest BCUT2D eigenvalue weighted by atomic mass is 127. The van der Waals surface area contributed by atoms with Gasteiger partial charge in [0.05, 0.1) is 6.26 Å². The fourth-order valence-corrected chi connectivity index (χ4v) is 1.05. The Morgan fingerprint density at radius 2 is 2.00 bits per heavy atom. The molecule has 0 rings (SSSR count). The van der Waals surface area contributed by atoms with Gasteiger partial charge in [-0.1, -0.05) is 32.3 Å². The lowest BCUT2D eigenvalue weighted by molar-refractivity contribution is 0.529. The molecule has 11 heavy (non-hydrogen) atoms. The van der Waals surface area contributed by atoms with Gasteiger partial charge in [0.2, 0.25) is 10.5 Å². The molecule has 0 unspecified atom stereocenters. The maximum absolute atomic E-state index is 4.91. The summed E-state index contributed by atoms with van der Waals surface area (Å²) in [5, 5.41) is 0. The van der Waals surface area contributed by atoms with E-state index in [-0.39, 0.29) is 24.0 Å². The average Bonchev–Trinajstić information content (AvgIpc) is 1.97. The summed E-state index contributed by atoms with van der Waals surface area (Å²) in [5.41, 5.74) is 0. The predicted molar refractivity (Wildman–Crippen MR) is 64.3 cm³/mol. The molecule has 0 aliphatic carbocycles. The summed E-state index contributed by atoms with van der Waals surface area (Å²) in [6.45, 7) is 2.23. The molecular weight excluding hydrogens is 267 g/mol. The lowest BCUT2D eigenvalue weighted by Gasteiger charge is -1.93. The highest BCUT2D eigenvalue weighted by Gasteiger charge is 1.83. The van der Waals surface area contributed by atoms with Crippen molar-refractivity contribution < 1.29 is 4.43 Å². The molecule has 0 spiro atoms. The second-order valence-electron chi connectivity index (χ2n) is 2.46. The van der Waals surface area contributed by atoms with Crippen LogP contribution in [-0.2, 0) is 4.43 Å². The van der Waals surface area contributed by atoms with Crippen LogP contribution in [0.15, 0.2) is 12.3 Å². The first-order valence-electron chi connectivity index (χ1n) is 4.09. The smallest absolute Gasteiger partial charge is 0.203 e. The van der Waals surface area contributed by atoms with Gasteiger partial charge in [-0.2, -0.15) is 0 Å². The zero-order valence-corrected chi connectivity index (χ0v) is 11.8. The van der Waals surface area contributed by atoms with Gasteiger partial charge in [-0.25, -0.2) is 0 Å². The van der Waals surface area contributed by atoms with Crippen molar-refractivity contribution in [3.8, 4) is 0 Å². The summed E-state index contributed by atoms with van der Waals surface area (Å²) in [4.78, 5) is 0. The van der Waals surface area contributed by atoms with Gasteiger partial charge < -0.3 is 4.43 Å². The largest absolute Gasteiger partial charge is 0.559 e. The van der Waals surface area contributed by atoms with Crippen LogP contribution in [0.3, 0.4) is 0 Å². The standard InChI is InChI=1S/C8H18OSi.HI/c1-2-3-4-5-6-7-8-9-10;/h7-8H,2-6H2,1,10H3;1H. The van der Waals surface area contributed by atoms with Crippen LogP contribution < -0.4 is 0 Å². The van der Waals surface area contributed by atoms with Gasteiger partial charge >= 0.3 is 0 Å². The fraction of sp³-hybridized carbons (Fsp3) is 0.750. The number of hydrogen-bond acceptors (Lipinski definition) is 1. The van der Waals surface area contributed by atoms with Crippen molar-refractivity contribution in [2.45, 2.75) is 39.0 Å². The summed E-state index contributed by atoms with van der Waals surface area (Å²) in [6, 6.07) is 0. The van der Waals surface area contributed by atoms with E-state index < -0.39 is 0 Å². The van der Waals surface area contributed by atoms with E-state index in [1.807, 2.05) is 6.26 Å². The van der Waals surface area contributed by atoms with Crippen LogP contribution in [0.4, 0.5) is 0 Å². The molecule has 0 bridgehead atoms. The first-order valence-corrected chi connectivity index (χ1v) is 4.91. The Bertz CT molecular complexity index is 86.2. The van der Waals surface area contributed by atoms with E-state index in [0.717, 1.165) is 10.5 Å². The molecule has 0 aromatic rings. The maximum Gasteiger partial charge on any atom is 0.203 e. The van der Waals surface area contributed by atoms with Gasteiger partial charge in [-0.05, 0) is 12.8 Å². The summed E-state index contributed by atoms with van der Waals surface area (Å²) in [6.07, 6.45) is 10.5. The first kappa shape index (κ1) is 14.0. The molecule has 0 saturated carbocycles. The molecule has 0 N–H and O–H groups in total. The molecule has 0 aliphatic rings. The summed E-state index contributed by atoms with van der Waals surface area (Å²) >= 11 is 0. The molecule has 3 heteroatoms. The average molecular weight is 286 g/mol. The SMILES string of the molecule is CCCCCCC=CO[SiH3].I. The Morgan fingerprint density at radius 1 is 1.27 bits per heavy atom. The van der Waals surface area contributed by atoms with Gasteiger partial charge in [0, 0.05) is 0 Å². The number of allylic oxidation sites excluding steroid dienone is 1.